The van der Waals surface area contributed by atoms with E-state index < -0.39 is 8.40 Å². The summed E-state index contributed by atoms with van der Waals surface area (Å²) in [6, 6.07) is 2.78. The smallest absolute Gasteiger partial charge is 0.205 e. The maximum absolute atomic E-state index is 2.50. The number of hydrogen-bond acceptors (Lipinski definition) is 2. The lowest BCUT2D eigenvalue weighted by Gasteiger charge is -2.42. The summed E-state index contributed by atoms with van der Waals surface area (Å²) in [6.07, 6.45) is 2.62. The van der Waals surface area contributed by atoms with Crippen molar-refractivity contribution in [1.82, 2.24) is 9.13 Å². The molecular formula is C10H26N2Si. The van der Waals surface area contributed by atoms with Gasteiger partial charge in [-0.05, 0) is 40.3 Å². The molecule has 0 spiro atoms. The molecule has 0 aliphatic carbocycles. The van der Waals surface area contributed by atoms with Gasteiger partial charge in [0.15, 0.2) is 0 Å². The highest BCUT2D eigenvalue weighted by Gasteiger charge is 2.36. The van der Waals surface area contributed by atoms with Gasteiger partial charge in [-0.2, -0.15) is 0 Å². The first-order valence-electron chi connectivity index (χ1n) is 5.36. The van der Waals surface area contributed by atoms with Gasteiger partial charge in [0.05, 0.1) is 0 Å². The first-order valence-corrected chi connectivity index (χ1v) is 7.67. The molecule has 0 bridgehead atoms. The largest absolute Gasteiger partial charge is 0.317 e. The zero-order chi connectivity index (χ0) is 10.5. The van der Waals surface area contributed by atoms with E-state index >= 15 is 0 Å². The Bertz CT molecular complexity index is 119. The SMILES string of the molecule is CCC[Si](CCC)(N(C)C)N(C)C. The first kappa shape index (κ1) is 13.1. The third-order valence-corrected chi connectivity index (χ3v) is 8.90. The van der Waals surface area contributed by atoms with Crippen molar-refractivity contribution in [3.63, 3.8) is 0 Å². The predicted octanol–water partition coefficient (Wildman–Crippen LogP) is 2.37. The molecule has 0 radical (unpaired) electrons. The molecule has 0 aromatic carbocycles. The average Bonchev–Trinajstić information content (AvgIpc) is 2.03. The monoisotopic (exact) mass is 202 g/mol. The second-order valence-corrected chi connectivity index (χ2v) is 9.03. The lowest BCUT2D eigenvalue weighted by Crippen LogP contribution is -2.60. The molecular weight excluding hydrogens is 176 g/mol. The predicted molar refractivity (Wildman–Crippen MR) is 63.3 cm³/mol. The Morgan fingerprint density at radius 1 is 0.769 bits per heavy atom. The standard InChI is InChI=1S/C10H26N2Si/c1-7-9-13(10-8-2,11(3)4)12(5)6/h7-10H2,1-6H3. The Balaban J connectivity index is 4.59. The van der Waals surface area contributed by atoms with Crippen LogP contribution >= 0.6 is 0 Å². The number of rotatable bonds is 6. The van der Waals surface area contributed by atoms with Crippen molar-refractivity contribution in [2.45, 2.75) is 38.8 Å². The van der Waals surface area contributed by atoms with E-state index in [1.54, 1.807) is 0 Å². The molecule has 0 atom stereocenters. The molecule has 0 unspecified atom stereocenters. The van der Waals surface area contributed by atoms with Crippen LogP contribution in [0, 0.1) is 0 Å². The van der Waals surface area contributed by atoms with E-state index in [1.165, 1.54) is 24.9 Å². The van der Waals surface area contributed by atoms with Gasteiger partial charge < -0.3 is 9.13 Å². The fourth-order valence-corrected chi connectivity index (χ4v) is 6.66. The van der Waals surface area contributed by atoms with Gasteiger partial charge in [-0.1, -0.05) is 26.7 Å². The summed E-state index contributed by atoms with van der Waals surface area (Å²) in [5.41, 5.74) is 0. The zero-order valence-corrected chi connectivity index (χ0v) is 11.2. The Kier molecular flexibility index (Phi) is 5.84. The molecule has 0 amide bonds. The molecule has 0 aliphatic rings. The summed E-state index contributed by atoms with van der Waals surface area (Å²) >= 11 is 0. The first-order chi connectivity index (χ1) is 6.01. The van der Waals surface area contributed by atoms with Crippen LogP contribution < -0.4 is 0 Å². The van der Waals surface area contributed by atoms with Crippen molar-refractivity contribution in [3.05, 3.63) is 0 Å². The van der Waals surface area contributed by atoms with Gasteiger partial charge in [-0.3, -0.25) is 0 Å². The van der Waals surface area contributed by atoms with E-state index in [0.29, 0.717) is 0 Å². The van der Waals surface area contributed by atoms with E-state index in [9.17, 15) is 0 Å². The van der Waals surface area contributed by atoms with Crippen molar-refractivity contribution in [3.8, 4) is 0 Å². The molecule has 13 heavy (non-hydrogen) atoms. The molecule has 0 N–H and O–H groups in total. The molecule has 0 aliphatic heterocycles. The van der Waals surface area contributed by atoms with Crippen LogP contribution in [-0.4, -0.2) is 45.7 Å². The van der Waals surface area contributed by atoms with Crippen LogP contribution in [0.5, 0.6) is 0 Å². The van der Waals surface area contributed by atoms with Crippen molar-refractivity contribution in [2.24, 2.45) is 0 Å². The second-order valence-electron chi connectivity index (χ2n) is 4.27. The minimum atomic E-state index is -1.28. The lowest BCUT2D eigenvalue weighted by molar-refractivity contribution is 0.468. The van der Waals surface area contributed by atoms with Gasteiger partial charge in [0.1, 0.15) is 0 Å². The van der Waals surface area contributed by atoms with E-state index in [-0.39, 0.29) is 0 Å². The molecule has 0 aromatic heterocycles. The summed E-state index contributed by atoms with van der Waals surface area (Å²) in [6.45, 7) is 4.59. The van der Waals surface area contributed by atoms with Crippen LogP contribution in [0.3, 0.4) is 0 Å². The summed E-state index contributed by atoms with van der Waals surface area (Å²) in [7, 11) is 7.71. The van der Waals surface area contributed by atoms with Crippen LogP contribution in [0.1, 0.15) is 26.7 Å². The van der Waals surface area contributed by atoms with Crippen molar-refractivity contribution in [1.29, 1.82) is 0 Å². The van der Waals surface area contributed by atoms with E-state index in [4.69, 9.17) is 0 Å². The molecule has 0 heterocycles. The van der Waals surface area contributed by atoms with Crippen molar-refractivity contribution in [2.75, 3.05) is 28.2 Å². The maximum Gasteiger partial charge on any atom is 0.205 e. The normalized spacial score (nSPS) is 12.9. The Hall–Kier alpha value is 0.137. The van der Waals surface area contributed by atoms with Gasteiger partial charge in [-0.15, -0.1) is 0 Å². The van der Waals surface area contributed by atoms with Gasteiger partial charge in [0.2, 0.25) is 8.40 Å². The van der Waals surface area contributed by atoms with Crippen LogP contribution in [0.25, 0.3) is 0 Å². The Morgan fingerprint density at radius 2 is 1.08 bits per heavy atom. The maximum atomic E-state index is 2.50. The van der Waals surface area contributed by atoms with Crippen LogP contribution in [0.15, 0.2) is 0 Å². The number of hydrogen-bond donors (Lipinski definition) is 0. The fraction of sp³-hybridized carbons (Fsp3) is 1.00. The van der Waals surface area contributed by atoms with Gasteiger partial charge in [-0.25, -0.2) is 0 Å². The molecule has 0 saturated heterocycles. The minimum absolute atomic E-state index is 1.28. The van der Waals surface area contributed by atoms with E-state index in [1.807, 2.05) is 0 Å². The summed E-state index contributed by atoms with van der Waals surface area (Å²) < 4.78 is 5.00. The Labute approximate surface area is 85.1 Å². The fourth-order valence-electron chi connectivity index (χ4n) is 2.22. The minimum Gasteiger partial charge on any atom is -0.317 e. The quantitative estimate of drug-likeness (QED) is 0.610. The van der Waals surface area contributed by atoms with Crippen LogP contribution in [-0.2, 0) is 0 Å². The van der Waals surface area contributed by atoms with E-state index in [2.05, 4.69) is 51.2 Å². The highest BCUT2D eigenvalue weighted by atomic mass is 28.3. The molecule has 3 heteroatoms. The third-order valence-electron chi connectivity index (χ3n) is 2.97. The molecule has 80 valence electrons. The Morgan fingerprint density at radius 3 is 1.23 bits per heavy atom. The van der Waals surface area contributed by atoms with Crippen LogP contribution in [0.4, 0.5) is 0 Å². The van der Waals surface area contributed by atoms with E-state index in [0.717, 1.165) is 0 Å². The average molecular weight is 202 g/mol. The highest BCUT2D eigenvalue weighted by molar-refractivity contribution is 6.74. The van der Waals surface area contributed by atoms with Gasteiger partial charge >= 0.3 is 0 Å². The zero-order valence-electron chi connectivity index (χ0n) is 10.2. The summed E-state index contributed by atoms with van der Waals surface area (Å²) in [4.78, 5) is 0. The molecule has 2 nitrogen and oxygen atoms in total. The summed E-state index contributed by atoms with van der Waals surface area (Å²) in [5.74, 6) is 0. The summed E-state index contributed by atoms with van der Waals surface area (Å²) in [5, 5.41) is 0. The molecule has 0 saturated carbocycles. The lowest BCUT2D eigenvalue weighted by atomic mass is 10.6. The number of nitrogens with zero attached hydrogens (tertiary/aromatic N) is 2. The molecule has 0 aromatic rings. The van der Waals surface area contributed by atoms with Crippen molar-refractivity contribution >= 4 is 8.40 Å². The second kappa shape index (κ2) is 5.78. The van der Waals surface area contributed by atoms with Gasteiger partial charge in [0, 0.05) is 0 Å². The molecule has 0 rings (SSSR count). The van der Waals surface area contributed by atoms with Crippen LogP contribution in [0.2, 0.25) is 12.1 Å². The topological polar surface area (TPSA) is 6.48 Å². The van der Waals surface area contributed by atoms with Gasteiger partial charge in [0.25, 0.3) is 0 Å². The van der Waals surface area contributed by atoms with Crippen molar-refractivity contribution < 1.29 is 0 Å². The third kappa shape index (κ3) is 3.08. The molecule has 0 fully saturated rings. The highest BCUT2D eigenvalue weighted by Crippen LogP contribution is 2.23.